The molecule has 0 aromatic heterocycles. The van der Waals surface area contributed by atoms with Crippen LogP contribution in [0.5, 0.6) is 5.75 Å². The summed E-state index contributed by atoms with van der Waals surface area (Å²) in [7, 11) is 0. The number of nitro benzene ring substituents is 1. The molecule has 0 N–H and O–H groups in total. The third-order valence-electron chi connectivity index (χ3n) is 2.55. The van der Waals surface area contributed by atoms with Crippen LogP contribution in [-0.4, -0.2) is 17.8 Å². The first-order chi connectivity index (χ1) is 8.11. The van der Waals surface area contributed by atoms with E-state index in [-0.39, 0.29) is 22.0 Å². The van der Waals surface area contributed by atoms with E-state index in [0.717, 1.165) is 12.8 Å². The predicted octanol–water partition coefficient (Wildman–Crippen LogP) is 2.85. The molecule has 0 amide bonds. The number of benzene rings is 1. The molecule has 0 spiro atoms. The van der Waals surface area contributed by atoms with Gasteiger partial charge in [0.2, 0.25) is 5.75 Å². The zero-order chi connectivity index (χ0) is 12.4. The molecule has 0 saturated heterocycles. The fourth-order valence-electron chi connectivity index (χ4n) is 1.47. The minimum atomic E-state index is -0.596. The molecule has 1 saturated carbocycles. The summed E-state index contributed by atoms with van der Waals surface area (Å²) in [6.45, 7) is 0.406. The summed E-state index contributed by atoms with van der Waals surface area (Å²) in [5, 5.41) is 11.0. The maximum Gasteiger partial charge on any atom is 0.313 e. The molecule has 1 aliphatic rings. The Morgan fingerprint density at radius 1 is 1.53 bits per heavy atom. The molecule has 90 valence electrons. The number of hydrogen-bond donors (Lipinski definition) is 0. The van der Waals surface area contributed by atoms with Crippen LogP contribution in [0.1, 0.15) is 23.2 Å². The van der Waals surface area contributed by atoms with E-state index in [1.807, 2.05) is 0 Å². The second-order valence-electron chi connectivity index (χ2n) is 3.97. The van der Waals surface area contributed by atoms with Crippen molar-refractivity contribution in [2.45, 2.75) is 12.8 Å². The van der Waals surface area contributed by atoms with E-state index in [4.69, 9.17) is 16.3 Å². The van der Waals surface area contributed by atoms with Crippen LogP contribution < -0.4 is 4.74 Å². The molecule has 0 radical (unpaired) electrons. The Kier molecular flexibility index (Phi) is 3.28. The first-order valence-corrected chi connectivity index (χ1v) is 5.55. The average Bonchev–Trinajstić information content (AvgIpc) is 3.09. The summed E-state index contributed by atoms with van der Waals surface area (Å²) in [5.74, 6) is 0.464. The number of carbonyl (C=O) groups is 1. The Labute approximate surface area is 102 Å². The number of ether oxygens (including phenoxy) is 1. The SMILES string of the molecule is O=Cc1cc(Cl)cc([N+](=O)[O-])c1OCC1CC1. The highest BCUT2D eigenvalue weighted by atomic mass is 35.5. The topological polar surface area (TPSA) is 69.4 Å². The van der Waals surface area contributed by atoms with Gasteiger partial charge in [-0.1, -0.05) is 11.6 Å². The van der Waals surface area contributed by atoms with E-state index >= 15 is 0 Å². The summed E-state index contributed by atoms with van der Waals surface area (Å²) in [6, 6.07) is 2.56. The summed E-state index contributed by atoms with van der Waals surface area (Å²) < 4.78 is 5.37. The van der Waals surface area contributed by atoms with Crippen LogP contribution in [0.25, 0.3) is 0 Å². The second-order valence-corrected chi connectivity index (χ2v) is 4.41. The molecule has 0 atom stereocenters. The van der Waals surface area contributed by atoms with Gasteiger partial charge in [-0.15, -0.1) is 0 Å². The van der Waals surface area contributed by atoms with Gasteiger partial charge in [-0.25, -0.2) is 0 Å². The Balaban J connectivity index is 2.35. The van der Waals surface area contributed by atoms with E-state index in [9.17, 15) is 14.9 Å². The number of halogens is 1. The Bertz CT molecular complexity index is 471. The zero-order valence-corrected chi connectivity index (χ0v) is 9.64. The van der Waals surface area contributed by atoms with Crippen molar-refractivity contribution in [2.24, 2.45) is 5.92 Å². The molecule has 6 heteroatoms. The van der Waals surface area contributed by atoms with E-state index in [1.165, 1.54) is 12.1 Å². The number of nitrogens with zero attached hydrogens (tertiary/aromatic N) is 1. The third-order valence-corrected chi connectivity index (χ3v) is 2.77. The van der Waals surface area contributed by atoms with Gasteiger partial charge in [0.15, 0.2) is 6.29 Å². The molecule has 0 unspecified atom stereocenters. The highest BCUT2D eigenvalue weighted by molar-refractivity contribution is 6.31. The van der Waals surface area contributed by atoms with Crippen LogP contribution in [-0.2, 0) is 0 Å². The first-order valence-electron chi connectivity index (χ1n) is 5.17. The van der Waals surface area contributed by atoms with Crippen molar-refractivity contribution in [3.05, 3.63) is 32.8 Å². The van der Waals surface area contributed by atoms with Crippen molar-refractivity contribution in [3.63, 3.8) is 0 Å². The molecule has 1 fully saturated rings. The van der Waals surface area contributed by atoms with Crippen LogP contribution in [0.2, 0.25) is 5.02 Å². The first kappa shape index (κ1) is 11.9. The molecular weight excluding hydrogens is 246 g/mol. The van der Waals surface area contributed by atoms with Gasteiger partial charge >= 0.3 is 5.69 Å². The fourth-order valence-corrected chi connectivity index (χ4v) is 1.69. The van der Waals surface area contributed by atoms with Crippen molar-refractivity contribution >= 4 is 23.6 Å². The summed E-state index contributed by atoms with van der Waals surface area (Å²) >= 11 is 5.70. The minimum absolute atomic E-state index is 0.0151. The largest absolute Gasteiger partial charge is 0.486 e. The fraction of sp³-hybridized carbons (Fsp3) is 0.364. The molecule has 0 heterocycles. The molecule has 5 nitrogen and oxygen atoms in total. The van der Waals surface area contributed by atoms with Crippen molar-refractivity contribution in [3.8, 4) is 5.75 Å². The molecule has 1 aromatic carbocycles. The highest BCUT2D eigenvalue weighted by Gasteiger charge is 2.26. The summed E-state index contributed by atoms with van der Waals surface area (Å²) in [5.41, 5.74) is -0.148. The standard InChI is InChI=1S/C11H10ClNO4/c12-9-3-8(5-14)11(10(4-9)13(15)16)17-6-7-1-2-7/h3-5,7H,1-2,6H2. The van der Waals surface area contributed by atoms with Crippen molar-refractivity contribution < 1.29 is 14.5 Å². The Morgan fingerprint density at radius 2 is 2.24 bits per heavy atom. The van der Waals surface area contributed by atoms with Gasteiger partial charge in [-0.05, 0) is 24.8 Å². The van der Waals surface area contributed by atoms with Gasteiger partial charge in [0.05, 0.1) is 17.1 Å². The van der Waals surface area contributed by atoms with Gasteiger partial charge in [0, 0.05) is 11.1 Å². The maximum absolute atomic E-state index is 10.9. The zero-order valence-electron chi connectivity index (χ0n) is 8.89. The lowest BCUT2D eigenvalue weighted by molar-refractivity contribution is -0.385. The quantitative estimate of drug-likeness (QED) is 0.461. The van der Waals surface area contributed by atoms with E-state index in [2.05, 4.69) is 0 Å². The molecule has 0 aliphatic heterocycles. The highest BCUT2D eigenvalue weighted by Crippen LogP contribution is 2.36. The van der Waals surface area contributed by atoms with Crippen LogP contribution in [0, 0.1) is 16.0 Å². The Morgan fingerprint density at radius 3 is 2.76 bits per heavy atom. The number of nitro groups is 1. The maximum atomic E-state index is 10.9. The number of carbonyl (C=O) groups excluding carboxylic acids is 1. The van der Waals surface area contributed by atoms with E-state index < -0.39 is 4.92 Å². The predicted molar refractivity (Wildman–Crippen MR) is 61.7 cm³/mol. The number of rotatable bonds is 5. The molecule has 0 bridgehead atoms. The Hall–Kier alpha value is -1.62. The summed E-state index contributed by atoms with van der Waals surface area (Å²) in [4.78, 5) is 21.1. The molecule has 17 heavy (non-hydrogen) atoms. The van der Waals surface area contributed by atoms with Gasteiger partial charge in [-0.2, -0.15) is 0 Å². The van der Waals surface area contributed by atoms with Crippen LogP contribution in [0.4, 0.5) is 5.69 Å². The summed E-state index contributed by atoms with van der Waals surface area (Å²) in [6.07, 6.45) is 2.65. The monoisotopic (exact) mass is 255 g/mol. The van der Waals surface area contributed by atoms with Gasteiger partial charge in [-0.3, -0.25) is 14.9 Å². The van der Waals surface area contributed by atoms with Crippen molar-refractivity contribution in [2.75, 3.05) is 6.61 Å². The van der Waals surface area contributed by atoms with Crippen molar-refractivity contribution in [1.82, 2.24) is 0 Å². The van der Waals surface area contributed by atoms with E-state index in [1.54, 1.807) is 0 Å². The molecule has 2 rings (SSSR count). The average molecular weight is 256 g/mol. The minimum Gasteiger partial charge on any atom is -0.486 e. The van der Waals surface area contributed by atoms with Gasteiger partial charge in [0.1, 0.15) is 0 Å². The van der Waals surface area contributed by atoms with Crippen LogP contribution in [0.15, 0.2) is 12.1 Å². The van der Waals surface area contributed by atoms with E-state index in [0.29, 0.717) is 18.8 Å². The second kappa shape index (κ2) is 4.71. The number of aldehydes is 1. The lowest BCUT2D eigenvalue weighted by Gasteiger charge is -2.08. The van der Waals surface area contributed by atoms with Crippen LogP contribution in [0.3, 0.4) is 0 Å². The smallest absolute Gasteiger partial charge is 0.313 e. The van der Waals surface area contributed by atoms with Gasteiger partial charge in [0.25, 0.3) is 0 Å². The third kappa shape index (κ3) is 2.74. The lowest BCUT2D eigenvalue weighted by Crippen LogP contribution is -2.04. The normalized spacial score (nSPS) is 14.4. The molecule has 1 aromatic rings. The van der Waals surface area contributed by atoms with Crippen molar-refractivity contribution in [1.29, 1.82) is 0 Å². The lowest BCUT2D eigenvalue weighted by atomic mass is 10.2. The number of hydrogen-bond acceptors (Lipinski definition) is 4. The molecule has 1 aliphatic carbocycles. The van der Waals surface area contributed by atoms with Gasteiger partial charge < -0.3 is 4.74 Å². The molecular formula is C11H10ClNO4. The van der Waals surface area contributed by atoms with Crippen LogP contribution >= 0.6 is 11.6 Å².